The second-order valence-corrected chi connectivity index (χ2v) is 8.27. The highest BCUT2D eigenvalue weighted by atomic mass is 19.4. The van der Waals surface area contributed by atoms with Gasteiger partial charge < -0.3 is 20.1 Å². The number of nitrogen functional groups attached to an aromatic ring is 1. The smallest absolute Gasteiger partial charge is 0.383 e. The van der Waals surface area contributed by atoms with Crippen molar-refractivity contribution < 1.29 is 27.4 Å². The molecule has 2 aliphatic heterocycles. The fourth-order valence-corrected chi connectivity index (χ4v) is 4.43. The van der Waals surface area contributed by atoms with Gasteiger partial charge >= 0.3 is 6.18 Å². The number of anilines is 1. The highest BCUT2D eigenvalue weighted by molar-refractivity contribution is 5.97. The highest BCUT2D eigenvalue weighted by Gasteiger charge is 2.36. The molecule has 2 atom stereocenters. The van der Waals surface area contributed by atoms with Gasteiger partial charge in [-0.15, -0.1) is 0 Å². The predicted molar refractivity (Wildman–Crippen MR) is 113 cm³/mol. The predicted octanol–water partition coefficient (Wildman–Crippen LogP) is 3.86. The Kier molecular flexibility index (Phi) is 5.21. The van der Waals surface area contributed by atoms with Gasteiger partial charge in [-0.3, -0.25) is 4.79 Å². The normalized spacial score (nSPS) is 20.8. The van der Waals surface area contributed by atoms with Crippen molar-refractivity contribution in [1.82, 2.24) is 14.9 Å². The molecule has 10 heteroatoms. The van der Waals surface area contributed by atoms with Gasteiger partial charge in [0.2, 0.25) is 0 Å². The van der Waals surface area contributed by atoms with Crippen molar-refractivity contribution >= 4 is 22.6 Å². The minimum atomic E-state index is -4.43. The molecular formula is C23H21F3N4O3. The molecule has 1 saturated heterocycles. The van der Waals surface area contributed by atoms with Crippen LogP contribution in [0, 0.1) is 0 Å². The molecule has 2 aliphatic rings. The monoisotopic (exact) mass is 458 g/mol. The van der Waals surface area contributed by atoms with Crippen LogP contribution in [0.1, 0.15) is 45.7 Å². The second-order valence-electron chi connectivity index (χ2n) is 8.27. The zero-order chi connectivity index (χ0) is 23.3. The molecule has 33 heavy (non-hydrogen) atoms. The first-order valence-corrected chi connectivity index (χ1v) is 10.5. The Labute approximate surface area is 187 Å². The summed E-state index contributed by atoms with van der Waals surface area (Å²) in [6.07, 6.45) is -2.92. The number of aromatic nitrogens is 2. The van der Waals surface area contributed by atoms with Gasteiger partial charge in [0, 0.05) is 10.9 Å². The number of morpholine rings is 1. The van der Waals surface area contributed by atoms with Crippen molar-refractivity contribution in [2.75, 3.05) is 18.9 Å². The Morgan fingerprint density at radius 1 is 1.12 bits per heavy atom. The number of nitrogens with zero attached hydrogens (tertiary/aromatic N) is 3. The summed E-state index contributed by atoms with van der Waals surface area (Å²) in [4.78, 5) is 23.9. The van der Waals surface area contributed by atoms with Crippen molar-refractivity contribution in [3.63, 3.8) is 0 Å². The zero-order valence-electron chi connectivity index (χ0n) is 17.7. The van der Waals surface area contributed by atoms with Crippen LogP contribution in [0.4, 0.5) is 19.0 Å². The van der Waals surface area contributed by atoms with Crippen molar-refractivity contribution in [2.45, 2.75) is 38.4 Å². The maximum atomic E-state index is 13.6. The lowest BCUT2D eigenvalue weighted by atomic mass is 9.99. The van der Waals surface area contributed by atoms with Gasteiger partial charge in [-0.25, -0.2) is 9.97 Å². The summed E-state index contributed by atoms with van der Waals surface area (Å²) in [5, 5.41) is 0.752. The molecule has 0 spiro atoms. The molecule has 1 aromatic carbocycles. The average Bonchev–Trinajstić information content (AvgIpc) is 3.29. The summed E-state index contributed by atoms with van der Waals surface area (Å²) in [5.41, 5.74) is 8.33. The lowest BCUT2D eigenvalue weighted by Gasteiger charge is -2.40. The molecule has 0 unspecified atom stereocenters. The molecule has 3 aromatic rings. The number of hydrogen-bond donors (Lipinski definition) is 1. The summed E-state index contributed by atoms with van der Waals surface area (Å²) in [6.45, 7) is 3.07. The van der Waals surface area contributed by atoms with Crippen LogP contribution in [-0.4, -0.2) is 40.0 Å². The molecule has 0 radical (unpaired) electrons. The number of ether oxygens (including phenoxy) is 2. The fraction of sp³-hybridized carbons (Fsp3) is 0.348. The van der Waals surface area contributed by atoms with E-state index in [1.165, 1.54) is 18.3 Å². The number of carbonyl (C=O) groups is 1. The third-order valence-electron chi connectivity index (χ3n) is 6.14. The van der Waals surface area contributed by atoms with Gasteiger partial charge in [-0.1, -0.05) is 12.1 Å². The van der Waals surface area contributed by atoms with Crippen molar-refractivity contribution in [3.05, 3.63) is 64.5 Å². The van der Waals surface area contributed by atoms with E-state index in [2.05, 4.69) is 9.97 Å². The summed E-state index contributed by atoms with van der Waals surface area (Å²) in [7, 11) is 0. The van der Waals surface area contributed by atoms with Crippen LogP contribution in [-0.2, 0) is 28.9 Å². The summed E-state index contributed by atoms with van der Waals surface area (Å²) in [6, 6.07) is 5.66. The third kappa shape index (κ3) is 3.79. The Morgan fingerprint density at radius 3 is 2.58 bits per heavy atom. The Bertz CT molecular complexity index is 1230. The van der Waals surface area contributed by atoms with Gasteiger partial charge in [0.25, 0.3) is 5.91 Å². The van der Waals surface area contributed by atoms with Crippen LogP contribution in [0.25, 0.3) is 10.9 Å². The summed E-state index contributed by atoms with van der Waals surface area (Å²) in [5.74, 6) is 0.0575. The maximum Gasteiger partial charge on any atom is 0.416 e. The van der Waals surface area contributed by atoms with Crippen LogP contribution < -0.4 is 5.73 Å². The van der Waals surface area contributed by atoms with Crippen LogP contribution in [0.2, 0.25) is 0 Å². The molecule has 0 saturated carbocycles. The minimum Gasteiger partial charge on any atom is -0.383 e. The Morgan fingerprint density at radius 2 is 1.85 bits per heavy atom. The summed E-state index contributed by atoms with van der Waals surface area (Å²) >= 11 is 0. The zero-order valence-corrected chi connectivity index (χ0v) is 17.7. The van der Waals surface area contributed by atoms with E-state index in [0.717, 1.165) is 28.6 Å². The largest absolute Gasteiger partial charge is 0.416 e. The Hall–Kier alpha value is -3.24. The van der Waals surface area contributed by atoms with E-state index in [1.807, 2.05) is 6.92 Å². The minimum absolute atomic E-state index is 0.177. The van der Waals surface area contributed by atoms with Gasteiger partial charge in [-0.2, -0.15) is 13.2 Å². The van der Waals surface area contributed by atoms with E-state index in [1.54, 1.807) is 11.0 Å². The van der Waals surface area contributed by atoms with Gasteiger partial charge in [0.15, 0.2) is 0 Å². The van der Waals surface area contributed by atoms with Crippen LogP contribution >= 0.6 is 0 Å². The number of halogens is 3. The number of pyridine rings is 2. The molecule has 1 amide bonds. The molecule has 2 N–H and O–H groups in total. The second kappa shape index (κ2) is 7.96. The van der Waals surface area contributed by atoms with E-state index in [0.29, 0.717) is 36.7 Å². The lowest BCUT2D eigenvalue weighted by molar-refractivity contribution is -0.137. The van der Waals surface area contributed by atoms with E-state index < -0.39 is 17.8 Å². The first-order chi connectivity index (χ1) is 15.7. The quantitative estimate of drug-likeness (QED) is 0.627. The van der Waals surface area contributed by atoms with Crippen LogP contribution in [0.15, 0.2) is 36.5 Å². The van der Waals surface area contributed by atoms with Crippen molar-refractivity contribution in [1.29, 1.82) is 0 Å². The molecule has 172 valence electrons. The summed E-state index contributed by atoms with van der Waals surface area (Å²) < 4.78 is 50.1. The molecule has 5 rings (SSSR count). The molecular weight excluding hydrogens is 437 g/mol. The van der Waals surface area contributed by atoms with E-state index in [-0.39, 0.29) is 24.2 Å². The van der Waals surface area contributed by atoms with Gasteiger partial charge in [-0.05, 0) is 36.2 Å². The van der Waals surface area contributed by atoms with Crippen molar-refractivity contribution in [2.24, 2.45) is 0 Å². The first-order valence-electron chi connectivity index (χ1n) is 10.5. The number of amides is 1. The first kappa shape index (κ1) is 21.6. The number of carbonyl (C=O) groups excluding carboxylic acids is 1. The molecule has 0 aliphatic carbocycles. The van der Waals surface area contributed by atoms with Gasteiger partial charge in [0.05, 0.1) is 55.8 Å². The Balaban J connectivity index is 1.51. The lowest BCUT2D eigenvalue weighted by Crippen LogP contribution is -2.49. The molecule has 1 fully saturated rings. The molecule has 7 nitrogen and oxygen atoms in total. The van der Waals surface area contributed by atoms with Gasteiger partial charge in [0.1, 0.15) is 11.5 Å². The van der Waals surface area contributed by atoms with E-state index >= 15 is 0 Å². The molecule has 0 bridgehead atoms. The average molecular weight is 458 g/mol. The number of fused-ring (bicyclic) bond motifs is 3. The van der Waals surface area contributed by atoms with Crippen LogP contribution in [0.3, 0.4) is 0 Å². The third-order valence-corrected chi connectivity index (χ3v) is 6.14. The molecule has 2 aromatic heterocycles. The highest BCUT2D eigenvalue weighted by Crippen LogP contribution is 2.34. The standard InChI is InChI=1S/C23H21F3N4O3/c1-12-8-32-11-20(13-2-4-14(5-3-13)23(24,25)26)30(12)22(31)18-6-15-16-9-33-10-17(16)21(27)29-19(15)7-28-18/h2-7,12,20H,8-11H2,1H3,(H2,27,29)/t12-,20-/m1/s1. The van der Waals surface area contributed by atoms with E-state index in [9.17, 15) is 18.0 Å². The fourth-order valence-electron chi connectivity index (χ4n) is 4.43. The SMILES string of the molecule is C[C@@H]1COC[C@H](c2ccc(C(F)(F)F)cc2)N1C(=O)c1cc2c3c(c(N)nc2cn1)COC3. The number of nitrogens with two attached hydrogens (primary N) is 1. The number of rotatable bonds is 2. The van der Waals surface area contributed by atoms with E-state index in [4.69, 9.17) is 15.2 Å². The number of alkyl halides is 3. The number of hydrogen-bond acceptors (Lipinski definition) is 6. The maximum absolute atomic E-state index is 13.6. The van der Waals surface area contributed by atoms with Crippen LogP contribution in [0.5, 0.6) is 0 Å². The molecule has 4 heterocycles. The topological polar surface area (TPSA) is 90.6 Å². The van der Waals surface area contributed by atoms with Crippen molar-refractivity contribution in [3.8, 4) is 0 Å². The number of benzene rings is 1.